The van der Waals surface area contributed by atoms with Gasteiger partial charge in [-0.15, -0.1) is 0 Å². The topological polar surface area (TPSA) is 15.3 Å². The van der Waals surface area contributed by atoms with Crippen LogP contribution in [0.5, 0.6) is 0 Å². The minimum Gasteiger partial charge on any atom is -0.314 e. The van der Waals surface area contributed by atoms with Gasteiger partial charge in [0, 0.05) is 18.6 Å². The average Bonchev–Trinajstić information content (AvgIpc) is 2.74. The monoisotopic (exact) mass is 266 g/mol. The fourth-order valence-corrected chi connectivity index (χ4v) is 4.03. The number of hydrogen-bond donors (Lipinski definition) is 1. The standard InChI is InChI=1S/C17H34N2/c1-3-12-18-17-11-13-19(14-15(17)4-2)16-9-7-5-6-8-10-16/h15-18H,3-14H2,1-2H3. The average molecular weight is 266 g/mol. The van der Waals surface area contributed by atoms with Gasteiger partial charge in [0.05, 0.1) is 0 Å². The summed E-state index contributed by atoms with van der Waals surface area (Å²) in [4.78, 5) is 2.84. The van der Waals surface area contributed by atoms with Gasteiger partial charge in [-0.2, -0.15) is 0 Å². The first-order valence-corrected chi connectivity index (χ1v) is 8.82. The maximum atomic E-state index is 3.78. The van der Waals surface area contributed by atoms with Crippen LogP contribution in [-0.2, 0) is 0 Å². The lowest BCUT2D eigenvalue weighted by molar-refractivity contribution is 0.0866. The van der Waals surface area contributed by atoms with E-state index in [-0.39, 0.29) is 0 Å². The molecule has 2 fully saturated rings. The quantitative estimate of drug-likeness (QED) is 0.761. The lowest BCUT2D eigenvalue weighted by Gasteiger charge is -2.42. The van der Waals surface area contributed by atoms with Crippen molar-refractivity contribution in [2.24, 2.45) is 5.92 Å². The first-order chi connectivity index (χ1) is 9.35. The highest BCUT2D eigenvalue weighted by Crippen LogP contribution is 2.27. The molecule has 2 rings (SSSR count). The molecule has 112 valence electrons. The summed E-state index contributed by atoms with van der Waals surface area (Å²) in [6.07, 6.45) is 12.8. The minimum atomic E-state index is 0.784. The van der Waals surface area contributed by atoms with Crippen molar-refractivity contribution in [1.29, 1.82) is 0 Å². The van der Waals surface area contributed by atoms with E-state index in [2.05, 4.69) is 24.1 Å². The molecule has 0 aromatic rings. The van der Waals surface area contributed by atoms with E-state index in [9.17, 15) is 0 Å². The molecule has 0 aromatic heterocycles. The van der Waals surface area contributed by atoms with Gasteiger partial charge in [-0.05, 0) is 44.7 Å². The molecule has 2 aliphatic rings. The molecule has 0 radical (unpaired) electrons. The zero-order valence-electron chi connectivity index (χ0n) is 13.2. The summed E-state index contributed by atoms with van der Waals surface area (Å²) in [5.41, 5.74) is 0. The Bertz CT molecular complexity index is 233. The number of nitrogens with zero attached hydrogens (tertiary/aromatic N) is 1. The molecule has 1 saturated carbocycles. The van der Waals surface area contributed by atoms with E-state index >= 15 is 0 Å². The fourth-order valence-electron chi connectivity index (χ4n) is 4.03. The first kappa shape index (κ1) is 15.3. The molecule has 2 atom stereocenters. The molecule has 0 amide bonds. The van der Waals surface area contributed by atoms with Gasteiger partial charge in [0.25, 0.3) is 0 Å². The van der Waals surface area contributed by atoms with Crippen LogP contribution >= 0.6 is 0 Å². The van der Waals surface area contributed by atoms with Crippen LogP contribution in [0.3, 0.4) is 0 Å². The van der Waals surface area contributed by atoms with Crippen molar-refractivity contribution >= 4 is 0 Å². The molecular formula is C17H34N2. The number of hydrogen-bond acceptors (Lipinski definition) is 2. The van der Waals surface area contributed by atoms with Crippen LogP contribution in [0.1, 0.15) is 71.6 Å². The SMILES string of the molecule is CCCNC1CCN(C2CCCCCC2)CC1CC. The van der Waals surface area contributed by atoms with Crippen LogP contribution in [0.2, 0.25) is 0 Å². The van der Waals surface area contributed by atoms with Gasteiger partial charge < -0.3 is 5.32 Å². The Morgan fingerprint density at radius 1 is 1.00 bits per heavy atom. The smallest absolute Gasteiger partial charge is 0.0120 e. The summed E-state index contributed by atoms with van der Waals surface area (Å²) in [5, 5.41) is 3.78. The Morgan fingerprint density at radius 2 is 1.74 bits per heavy atom. The predicted molar refractivity (Wildman–Crippen MR) is 83.5 cm³/mol. The molecule has 19 heavy (non-hydrogen) atoms. The number of nitrogens with one attached hydrogen (secondary N) is 1. The number of rotatable bonds is 5. The van der Waals surface area contributed by atoms with E-state index < -0.39 is 0 Å². The van der Waals surface area contributed by atoms with Crippen molar-refractivity contribution in [1.82, 2.24) is 10.2 Å². The van der Waals surface area contributed by atoms with Crippen LogP contribution in [0.15, 0.2) is 0 Å². The van der Waals surface area contributed by atoms with E-state index in [1.807, 2.05) is 0 Å². The highest BCUT2D eigenvalue weighted by atomic mass is 15.2. The lowest BCUT2D eigenvalue weighted by Crippen LogP contribution is -2.52. The third-order valence-corrected chi connectivity index (χ3v) is 5.29. The third-order valence-electron chi connectivity index (χ3n) is 5.29. The van der Waals surface area contributed by atoms with Crippen molar-refractivity contribution in [2.45, 2.75) is 83.7 Å². The summed E-state index contributed by atoms with van der Waals surface area (Å²) >= 11 is 0. The molecule has 1 aliphatic heterocycles. The molecule has 2 unspecified atom stereocenters. The second kappa shape index (κ2) is 8.26. The summed E-state index contributed by atoms with van der Waals surface area (Å²) in [6, 6.07) is 1.69. The molecule has 2 heteroatoms. The number of piperidine rings is 1. The second-order valence-electron chi connectivity index (χ2n) is 6.66. The summed E-state index contributed by atoms with van der Waals surface area (Å²) < 4.78 is 0. The van der Waals surface area contributed by atoms with E-state index in [1.54, 1.807) is 0 Å². The lowest BCUT2D eigenvalue weighted by atomic mass is 9.88. The summed E-state index contributed by atoms with van der Waals surface area (Å²) in [7, 11) is 0. The zero-order valence-corrected chi connectivity index (χ0v) is 13.2. The molecule has 1 aliphatic carbocycles. The van der Waals surface area contributed by atoms with Gasteiger partial charge >= 0.3 is 0 Å². The molecule has 1 saturated heterocycles. The largest absolute Gasteiger partial charge is 0.314 e. The van der Waals surface area contributed by atoms with Crippen molar-refractivity contribution < 1.29 is 0 Å². The highest BCUT2D eigenvalue weighted by molar-refractivity contribution is 4.88. The van der Waals surface area contributed by atoms with E-state index in [0.29, 0.717) is 0 Å². The van der Waals surface area contributed by atoms with Crippen LogP contribution in [0.4, 0.5) is 0 Å². The minimum absolute atomic E-state index is 0.784. The van der Waals surface area contributed by atoms with Crippen molar-refractivity contribution in [3.05, 3.63) is 0 Å². The maximum Gasteiger partial charge on any atom is 0.0120 e. The molecular weight excluding hydrogens is 232 g/mol. The normalized spacial score (nSPS) is 31.3. The Balaban J connectivity index is 1.84. The second-order valence-corrected chi connectivity index (χ2v) is 6.66. The van der Waals surface area contributed by atoms with Gasteiger partial charge in [-0.1, -0.05) is 46.0 Å². The highest BCUT2D eigenvalue weighted by Gasteiger charge is 2.31. The van der Waals surface area contributed by atoms with Crippen molar-refractivity contribution in [3.63, 3.8) is 0 Å². The molecule has 2 nitrogen and oxygen atoms in total. The van der Waals surface area contributed by atoms with Gasteiger partial charge in [-0.25, -0.2) is 0 Å². The first-order valence-electron chi connectivity index (χ1n) is 8.82. The molecule has 0 spiro atoms. The summed E-state index contributed by atoms with van der Waals surface area (Å²) in [5.74, 6) is 0.878. The Kier molecular flexibility index (Phi) is 6.66. The maximum absolute atomic E-state index is 3.78. The predicted octanol–water partition coefficient (Wildman–Crippen LogP) is 3.81. The third kappa shape index (κ3) is 4.46. The van der Waals surface area contributed by atoms with Gasteiger partial charge in [0.1, 0.15) is 0 Å². The van der Waals surface area contributed by atoms with Gasteiger partial charge in [-0.3, -0.25) is 4.90 Å². The summed E-state index contributed by atoms with van der Waals surface area (Å²) in [6.45, 7) is 8.53. The van der Waals surface area contributed by atoms with Crippen LogP contribution in [-0.4, -0.2) is 36.6 Å². The molecule has 1 heterocycles. The van der Waals surface area contributed by atoms with E-state index in [0.717, 1.165) is 18.0 Å². The molecule has 0 bridgehead atoms. The van der Waals surface area contributed by atoms with E-state index in [1.165, 1.54) is 77.4 Å². The van der Waals surface area contributed by atoms with Crippen molar-refractivity contribution in [3.8, 4) is 0 Å². The van der Waals surface area contributed by atoms with Crippen LogP contribution in [0.25, 0.3) is 0 Å². The molecule has 1 N–H and O–H groups in total. The van der Waals surface area contributed by atoms with Gasteiger partial charge in [0.15, 0.2) is 0 Å². The number of likely N-dealkylation sites (tertiary alicyclic amines) is 1. The molecule has 0 aromatic carbocycles. The Hall–Kier alpha value is -0.0800. The Morgan fingerprint density at radius 3 is 2.37 bits per heavy atom. The Labute approximate surface area is 120 Å². The van der Waals surface area contributed by atoms with Crippen molar-refractivity contribution in [2.75, 3.05) is 19.6 Å². The van der Waals surface area contributed by atoms with Crippen LogP contribution < -0.4 is 5.32 Å². The van der Waals surface area contributed by atoms with E-state index in [4.69, 9.17) is 0 Å². The fraction of sp³-hybridized carbons (Fsp3) is 1.00. The van der Waals surface area contributed by atoms with Crippen LogP contribution in [0, 0.1) is 5.92 Å². The van der Waals surface area contributed by atoms with Gasteiger partial charge in [0.2, 0.25) is 0 Å². The zero-order chi connectivity index (χ0) is 13.5.